The summed E-state index contributed by atoms with van der Waals surface area (Å²) in [5.41, 5.74) is 0. The SMILES string of the molecule is COCCN(CCO)S(=O)(=O)c1cccc(Cl)c1. The zero-order valence-electron chi connectivity index (χ0n) is 10.0. The molecule has 0 aromatic heterocycles. The van der Waals surface area contributed by atoms with Crippen molar-refractivity contribution < 1.29 is 18.3 Å². The molecule has 1 N–H and O–H groups in total. The number of halogens is 1. The van der Waals surface area contributed by atoms with Gasteiger partial charge in [-0.15, -0.1) is 0 Å². The largest absolute Gasteiger partial charge is 0.395 e. The van der Waals surface area contributed by atoms with Crippen LogP contribution in [0.4, 0.5) is 0 Å². The van der Waals surface area contributed by atoms with E-state index in [4.69, 9.17) is 21.4 Å². The number of aliphatic hydroxyl groups is 1. The standard InChI is InChI=1S/C11H16ClNO4S/c1-17-8-6-13(5-7-14)18(15,16)11-4-2-3-10(12)9-11/h2-4,9,14H,5-8H2,1H3. The molecule has 0 aliphatic carbocycles. The summed E-state index contributed by atoms with van der Waals surface area (Å²) in [6.07, 6.45) is 0. The van der Waals surface area contributed by atoms with E-state index in [1.54, 1.807) is 12.1 Å². The van der Waals surface area contributed by atoms with E-state index in [2.05, 4.69) is 0 Å². The minimum Gasteiger partial charge on any atom is -0.395 e. The fraction of sp³-hybridized carbons (Fsp3) is 0.455. The van der Waals surface area contributed by atoms with Crippen LogP contribution in [0.3, 0.4) is 0 Å². The van der Waals surface area contributed by atoms with Gasteiger partial charge in [-0.1, -0.05) is 17.7 Å². The van der Waals surface area contributed by atoms with Crippen LogP contribution in [-0.4, -0.2) is 51.2 Å². The first kappa shape index (κ1) is 15.4. The lowest BCUT2D eigenvalue weighted by Gasteiger charge is -2.20. The van der Waals surface area contributed by atoms with Crippen molar-refractivity contribution >= 4 is 21.6 Å². The molecule has 1 aromatic rings. The van der Waals surface area contributed by atoms with E-state index in [1.165, 1.54) is 23.5 Å². The molecule has 0 saturated carbocycles. The van der Waals surface area contributed by atoms with E-state index >= 15 is 0 Å². The summed E-state index contributed by atoms with van der Waals surface area (Å²) in [6.45, 7) is 0.230. The Morgan fingerprint density at radius 3 is 2.67 bits per heavy atom. The molecule has 0 unspecified atom stereocenters. The van der Waals surface area contributed by atoms with Gasteiger partial charge in [-0.25, -0.2) is 8.42 Å². The molecule has 7 heteroatoms. The van der Waals surface area contributed by atoms with Gasteiger partial charge in [-0.2, -0.15) is 4.31 Å². The smallest absolute Gasteiger partial charge is 0.243 e. The highest BCUT2D eigenvalue weighted by molar-refractivity contribution is 7.89. The van der Waals surface area contributed by atoms with E-state index < -0.39 is 10.0 Å². The zero-order chi connectivity index (χ0) is 13.6. The number of methoxy groups -OCH3 is 1. The molecule has 102 valence electrons. The molecular formula is C11H16ClNO4S. The number of hydrogen-bond donors (Lipinski definition) is 1. The average molecular weight is 294 g/mol. The Hall–Kier alpha value is -0.660. The predicted molar refractivity (Wildman–Crippen MR) is 69.2 cm³/mol. The Kier molecular flexibility index (Phi) is 6.04. The van der Waals surface area contributed by atoms with Gasteiger partial charge < -0.3 is 9.84 Å². The highest BCUT2D eigenvalue weighted by atomic mass is 35.5. The van der Waals surface area contributed by atoms with Gasteiger partial charge in [0.05, 0.1) is 18.1 Å². The lowest BCUT2D eigenvalue weighted by atomic mass is 10.4. The summed E-state index contributed by atoms with van der Waals surface area (Å²) in [5.74, 6) is 0. The molecule has 0 spiro atoms. The highest BCUT2D eigenvalue weighted by Crippen LogP contribution is 2.19. The maximum Gasteiger partial charge on any atom is 0.243 e. The molecule has 0 atom stereocenters. The van der Waals surface area contributed by atoms with Crippen LogP contribution < -0.4 is 0 Å². The Morgan fingerprint density at radius 2 is 2.11 bits per heavy atom. The van der Waals surface area contributed by atoms with Crippen molar-refractivity contribution in [1.82, 2.24) is 4.31 Å². The van der Waals surface area contributed by atoms with Gasteiger partial charge in [0.2, 0.25) is 10.0 Å². The number of ether oxygens (including phenoxy) is 1. The summed E-state index contributed by atoms with van der Waals surface area (Å²) < 4.78 is 30.6. The molecule has 0 radical (unpaired) electrons. The zero-order valence-corrected chi connectivity index (χ0v) is 11.6. The molecule has 0 amide bonds. The second kappa shape index (κ2) is 7.06. The van der Waals surface area contributed by atoms with Crippen LogP contribution in [0.1, 0.15) is 0 Å². The third-order valence-corrected chi connectivity index (χ3v) is 4.46. The van der Waals surface area contributed by atoms with Gasteiger partial charge in [0.15, 0.2) is 0 Å². The van der Waals surface area contributed by atoms with Crippen LogP contribution in [-0.2, 0) is 14.8 Å². The van der Waals surface area contributed by atoms with Gasteiger partial charge in [-0.05, 0) is 18.2 Å². The van der Waals surface area contributed by atoms with Crippen molar-refractivity contribution in [2.24, 2.45) is 0 Å². The van der Waals surface area contributed by atoms with Crippen molar-refractivity contribution in [3.8, 4) is 0 Å². The Morgan fingerprint density at radius 1 is 1.39 bits per heavy atom. The number of rotatable bonds is 7. The van der Waals surface area contributed by atoms with Crippen LogP contribution in [0.2, 0.25) is 5.02 Å². The maximum atomic E-state index is 12.3. The van der Waals surface area contributed by atoms with Gasteiger partial charge in [0.1, 0.15) is 0 Å². The molecule has 0 saturated heterocycles. The van der Waals surface area contributed by atoms with Gasteiger partial charge in [0, 0.05) is 25.2 Å². The first-order valence-corrected chi connectivity index (χ1v) is 7.19. The third-order valence-electron chi connectivity index (χ3n) is 2.33. The summed E-state index contributed by atoms with van der Waals surface area (Å²) in [5, 5.41) is 9.28. The van der Waals surface area contributed by atoms with E-state index in [9.17, 15) is 8.42 Å². The molecule has 0 bridgehead atoms. The Bertz CT molecular complexity index is 478. The van der Waals surface area contributed by atoms with Crippen LogP contribution >= 0.6 is 11.6 Å². The number of benzene rings is 1. The normalized spacial score (nSPS) is 12.0. The van der Waals surface area contributed by atoms with Crippen molar-refractivity contribution in [2.75, 3.05) is 33.4 Å². The Balaban J connectivity index is 3.00. The molecule has 18 heavy (non-hydrogen) atoms. The van der Waals surface area contributed by atoms with Crippen molar-refractivity contribution in [2.45, 2.75) is 4.90 Å². The van der Waals surface area contributed by atoms with E-state index in [0.717, 1.165) is 0 Å². The summed E-state index contributed by atoms with van der Waals surface area (Å²) >= 11 is 5.78. The first-order valence-electron chi connectivity index (χ1n) is 5.38. The second-order valence-corrected chi connectivity index (χ2v) is 5.95. The number of aliphatic hydroxyl groups excluding tert-OH is 1. The average Bonchev–Trinajstić information content (AvgIpc) is 2.34. The lowest BCUT2D eigenvalue weighted by Crippen LogP contribution is -2.36. The van der Waals surface area contributed by atoms with Crippen molar-refractivity contribution in [3.63, 3.8) is 0 Å². The molecule has 1 rings (SSSR count). The van der Waals surface area contributed by atoms with Crippen LogP contribution in [0.15, 0.2) is 29.2 Å². The monoisotopic (exact) mass is 293 g/mol. The fourth-order valence-corrected chi connectivity index (χ4v) is 3.15. The number of sulfonamides is 1. The Labute approximate surface area is 112 Å². The van der Waals surface area contributed by atoms with Gasteiger partial charge in [-0.3, -0.25) is 0 Å². The molecule has 1 aromatic carbocycles. The molecule has 0 aliphatic rings. The fourth-order valence-electron chi connectivity index (χ4n) is 1.43. The van der Waals surface area contributed by atoms with Crippen molar-refractivity contribution in [3.05, 3.63) is 29.3 Å². The molecule has 0 fully saturated rings. The van der Waals surface area contributed by atoms with Crippen LogP contribution in [0.25, 0.3) is 0 Å². The van der Waals surface area contributed by atoms with Crippen LogP contribution in [0.5, 0.6) is 0 Å². The molecular weight excluding hydrogens is 278 g/mol. The minimum atomic E-state index is -3.65. The lowest BCUT2D eigenvalue weighted by molar-refractivity contribution is 0.168. The topological polar surface area (TPSA) is 66.8 Å². The van der Waals surface area contributed by atoms with E-state index in [1.807, 2.05) is 0 Å². The molecule has 5 nitrogen and oxygen atoms in total. The highest BCUT2D eigenvalue weighted by Gasteiger charge is 2.23. The molecule has 0 heterocycles. The first-order chi connectivity index (χ1) is 8.52. The van der Waals surface area contributed by atoms with Gasteiger partial charge in [0.25, 0.3) is 0 Å². The third kappa shape index (κ3) is 3.93. The van der Waals surface area contributed by atoms with E-state index in [0.29, 0.717) is 5.02 Å². The summed E-state index contributed by atoms with van der Waals surface area (Å²) in [6, 6.07) is 6.03. The van der Waals surface area contributed by atoms with Crippen molar-refractivity contribution in [1.29, 1.82) is 0 Å². The number of nitrogens with zero attached hydrogens (tertiary/aromatic N) is 1. The molecule has 0 aliphatic heterocycles. The maximum absolute atomic E-state index is 12.3. The number of hydrogen-bond acceptors (Lipinski definition) is 4. The summed E-state index contributed by atoms with van der Waals surface area (Å²) in [7, 11) is -2.16. The quantitative estimate of drug-likeness (QED) is 0.813. The van der Waals surface area contributed by atoms with Crippen LogP contribution in [0, 0.1) is 0 Å². The van der Waals surface area contributed by atoms with E-state index in [-0.39, 0.29) is 31.2 Å². The summed E-state index contributed by atoms with van der Waals surface area (Å²) in [4.78, 5) is 0.111. The predicted octanol–water partition coefficient (Wildman–Crippen LogP) is 0.969. The second-order valence-electron chi connectivity index (χ2n) is 3.58. The van der Waals surface area contributed by atoms with Gasteiger partial charge >= 0.3 is 0 Å². The minimum absolute atomic E-state index is 0.0260.